The molecule has 188 valence electrons. The molecule has 0 aliphatic heterocycles. The molecule has 0 bridgehead atoms. The highest BCUT2D eigenvalue weighted by molar-refractivity contribution is 5.93. The number of ketones is 1. The molecule has 0 unspecified atom stereocenters. The van der Waals surface area contributed by atoms with Crippen LogP contribution in [0.3, 0.4) is 0 Å². The van der Waals surface area contributed by atoms with E-state index < -0.39 is 0 Å². The fourth-order valence-corrected chi connectivity index (χ4v) is 1.16. The van der Waals surface area contributed by atoms with Crippen LogP contribution in [0.25, 0.3) is 5.57 Å². The zero-order valence-electron chi connectivity index (χ0n) is 23.8. The zero-order chi connectivity index (χ0) is 26.2. The molecule has 0 aliphatic rings. The van der Waals surface area contributed by atoms with Gasteiger partial charge in [-0.2, -0.15) is 0 Å². The van der Waals surface area contributed by atoms with Crippen LogP contribution in [0.2, 0.25) is 0 Å². The maximum atomic E-state index is 11.1. The summed E-state index contributed by atoms with van der Waals surface area (Å²) in [5, 5.41) is 0. The largest absolute Gasteiger partial charge is 0.294 e. The Morgan fingerprint density at radius 3 is 1.47 bits per heavy atom. The minimum absolute atomic E-state index is 0.0223. The lowest BCUT2D eigenvalue weighted by Crippen LogP contribution is -1.94. The summed E-state index contributed by atoms with van der Waals surface area (Å²) in [7, 11) is 0. The van der Waals surface area contributed by atoms with E-state index in [0.29, 0.717) is 5.56 Å². The normalized spacial score (nSPS) is 8.75. The second kappa shape index (κ2) is 39.5. The number of allylic oxidation sites excluding steroid dienone is 5. The number of nitrogens with zero attached hydrogens (tertiary/aromatic N) is 1. The first-order valence-electron chi connectivity index (χ1n) is 12.8. The first kappa shape index (κ1) is 40.4. The van der Waals surface area contributed by atoms with Crippen LogP contribution in [0.1, 0.15) is 138 Å². The Labute approximate surface area is 203 Å². The predicted octanol–water partition coefficient (Wildman–Crippen LogP) is 10.9. The molecule has 1 aromatic heterocycles. The lowest BCUT2D eigenvalue weighted by atomic mass is 10.1. The van der Waals surface area contributed by atoms with Gasteiger partial charge in [-0.15, -0.1) is 0 Å². The Bertz CT molecular complexity index is 509. The van der Waals surface area contributed by atoms with Gasteiger partial charge in [0, 0.05) is 11.8 Å². The van der Waals surface area contributed by atoms with E-state index in [-0.39, 0.29) is 5.78 Å². The maximum Gasteiger partial charge on any atom is 0.161 e. The third kappa shape index (κ3) is 35.5. The van der Waals surface area contributed by atoms with Crippen molar-refractivity contribution in [2.45, 2.75) is 122 Å². The summed E-state index contributed by atoms with van der Waals surface area (Å²) in [6.07, 6.45) is 17.1. The van der Waals surface area contributed by atoms with Gasteiger partial charge in [-0.1, -0.05) is 139 Å². The van der Waals surface area contributed by atoms with Gasteiger partial charge in [-0.3, -0.25) is 9.78 Å². The van der Waals surface area contributed by atoms with Gasteiger partial charge >= 0.3 is 0 Å². The number of pyridine rings is 1. The number of rotatable bonds is 7. The summed E-state index contributed by atoms with van der Waals surface area (Å²) in [5.41, 5.74) is 2.23. The topological polar surface area (TPSA) is 30.0 Å². The van der Waals surface area contributed by atoms with Crippen LogP contribution in [0.5, 0.6) is 0 Å². The van der Waals surface area contributed by atoms with Crippen LogP contribution in [0.15, 0.2) is 49.2 Å². The molecule has 1 heterocycles. The lowest BCUT2D eigenvalue weighted by Gasteiger charge is -2.00. The zero-order valence-corrected chi connectivity index (χ0v) is 23.8. The second-order valence-corrected chi connectivity index (χ2v) is 6.40. The van der Waals surface area contributed by atoms with Gasteiger partial charge in [0.2, 0.25) is 0 Å². The van der Waals surface area contributed by atoms with Crippen LogP contribution >= 0.6 is 0 Å². The number of carbonyl (C=O) groups is 1. The molecule has 1 rings (SSSR count). The molecular weight excluding hydrogens is 390 g/mol. The van der Waals surface area contributed by atoms with Crippen molar-refractivity contribution < 1.29 is 4.79 Å². The van der Waals surface area contributed by atoms with E-state index in [1.165, 1.54) is 45.4 Å². The fraction of sp³-hybridized carbons (Fsp3) is 0.600. The molecule has 0 atom stereocenters. The monoisotopic (exact) mass is 447 g/mol. The van der Waals surface area contributed by atoms with E-state index in [1.54, 1.807) is 18.3 Å². The van der Waals surface area contributed by atoms with E-state index in [0.717, 1.165) is 11.3 Å². The Balaban J connectivity index is -0.000000125. The summed E-state index contributed by atoms with van der Waals surface area (Å²) in [5.74, 6) is 0.0223. The molecule has 0 radical (unpaired) electrons. The molecule has 0 fully saturated rings. The van der Waals surface area contributed by atoms with E-state index in [9.17, 15) is 4.79 Å². The molecule has 0 spiro atoms. The first-order valence-corrected chi connectivity index (χ1v) is 12.8. The molecule has 2 heteroatoms. The van der Waals surface area contributed by atoms with Crippen molar-refractivity contribution in [3.8, 4) is 0 Å². The molecule has 0 aliphatic carbocycles. The number of Topliss-reactive ketones (excluding diaryl/α,β-unsaturated/α-hetero) is 1. The van der Waals surface area contributed by atoms with Crippen molar-refractivity contribution in [1.29, 1.82) is 0 Å². The number of unbranched alkanes of at least 4 members (excludes halogenated alkanes) is 3. The third-order valence-corrected chi connectivity index (χ3v) is 3.60. The van der Waals surface area contributed by atoms with Gasteiger partial charge in [-0.25, -0.2) is 0 Å². The number of hydrogen-bond donors (Lipinski definition) is 0. The first-order chi connectivity index (χ1) is 15.4. The van der Waals surface area contributed by atoms with Crippen molar-refractivity contribution in [2.75, 3.05) is 0 Å². The molecule has 0 saturated heterocycles. The number of carbonyl (C=O) groups excluding carboxylic acids is 1. The van der Waals surface area contributed by atoms with Gasteiger partial charge in [0.15, 0.2) is 5.78 Å². The smallest absolute Gasteiger partial charge is 0.161 e. The lowest BCUT2D eigenvalue weighted by molar-refractivity contribution is 0.101. The molecule has 2 nitrogen and oxygen atoms in total. The van der Waals surface area contributed by atoms with E-state index >= 15 is 0 Å². The number of hydrogen-bond acceptors (Lipinski definition) is 2. The van der Waals surface area contributed by atoms with Gasteiger partial charge in [0.05, 0.1) is 5.69 Å². The van der Waals surface area contributed by atoms with Gasteiger partial charge in [0.1, 0.15) is 0 Å². The number of aromatic nitrogens is 1. The Hall–Kier alpha value is -1.96. The van der Waals surface area contributed by atoms with Gasteiger partial charge in [-0.05, 0) is 31.6 Å². The van der Waals surface area contributed by atoms with Crippen LogP contribution in [0.4, 0.5) is 0 Å². The van der Waals surface area contributed by atoms with E-state index in [4.69, 9.17) is 0 Å². The molecule has 0 saturated carbocycles. The van der Waals surface area contributed by atoms with Gasteiger partial charge < -0.3 is 0 Å². The second-order valence-electron chi connectivity index (χ2n) is 6.40. The molecule has 0 N–H and O–H groups in total. The average Bonchev–Trinajstić information content (AvgIpc) is 2.87. The molecule has 0 amide bonds. The van der Waals surface area contributed by atoms with Crippen molar-refractivity contribution in [1.82, 2.24) is 4.98 Å². The minimum atomic E-state index is 0.0223. The van der Waals surface area contributed by atoms with E-state index in [2.05, 4.69) is 53.1 Å². The summed E-state index contributed by atoms with van der Waals surface area (Å²) < 4.78 is 0. The molecule has 1 aromatic rings. The quantitative estimate of drug-likeness (QED) is 0.307. The SMILES string of the molecule is C=C(/C=C\C=C/C)c1ccc(C(C)=O)cn1.CC.CC.CCCC.CCCC.CCCC. The van der Waals surface area contributed by atoms with Crippen molar-refractivity contribution >= 4 is 11.4 Å². The van der Waals surface area contributed by atoms with Crippen molar-refractivity contribution in [3.63, 3.8) is 0 Å². The molecule has 0 aromatic carbocycles. The summed E-state index contributed by atoms with van der Waals surface area (Å²) in [6, 6.07) is 3.57. The van der Waals surface area contributed by atoms with Gasteiger partial charge in [0.25, 0.3) is 0 Å². The molecular formula is C30H57NO. The predicted molar refractivity (Wildman–Crippen MR) is 152 cm³/mol. The standard InChI is InChI=1S/C14H15NO.3C4H10.2C2H6/c1-4-5-6-7-11(2)14-9-8-13(10-15-14)12(3)16;3*1-3-4-2;2*1-2/h4-10H,2H2,1,3H3;3*3-4H2,1-2H3;2*1-2H3/b5-4-,7-6-;;;;;. The highest BCUT2D eigenvalue weighted by Gasteiger charge is 2.00. The Kier molecular flexibility index (Phi) is 49.9. The highest BCUT2D eigenvalue weighted by atomic mass is 16.1. The summed E-state index contributed by atoms with van der Waals surface area (Å²) in [4.78, 5) is 15.2. The molecule has 32 heavy (non-hydrogen) atoms. The van der Waals surface area contributed by atoms with Crippen molar-refractivity contribution in [3.05, 3.63) is 60.5 Å². The third-order valence-electron chi connectivity index (χ3n) is 3.60. The highest BCUT2D eigenvalue weighted by Crippen LogP contribution is 2.11. The Morgan fingerprint density at radius 2 is 1.22 bits per heavy atom. The summed E-state index contributed by atoms with van der Waals surface area (Å²) >= 11 is 0. The van der Waals surface area contributed by atoms with E-state index in [1.807, 2.05) is 58.9 Å². The minimum Gasteiger partial charge on any atom is -0.294 e. The van der Waals surface area contributed by atoms with Crippen molar-refractivity contribution in [2.24, 2.45) is 0 Å². The Morgan fingerprint density at radius 1 is 0.812 bits per heavy atom. The fourth-order valence-electron chi connectivity index (χ4n) is 1.16. The summed E-state index contributed by atoms with van der Waals surface area (Å²) in [6.45, 7) is 28.5. The van der Waals surface area contributed by atoms with Crippen LogP contribution in [-0.2, 0) is 0 Å². The van der Waals surface area contributed by atoms with Crippen LogP contribution < -0.4 is 0 Å². The van der Waals surface area contributed by atoms with Crippen LogP contribution in [-0.4, -0.2) is 10.8 Å². The maximum absolute atomic E-state index is 11.1. The average molecular weight is 448 g/mol. The van der Waals surface area contributed by atoms with Crippen LogP contribution in [0, 0.1) is 0 Å².